The molecule has 0 aliphatic carbocycles. The summed E-state index contributed by atoms with van der Waals surface area (Å²) in [4.78, 5) is 3.46. The molecule has 0 aliphatic heterocycles. The van der Waals surface area contributed by atoms with Crippen molar-refractivity contribution in [2.75, 3.05) is 13.7 Å². The van der Waals surface area contributed by atoms with E-state index in [1.54, 1.807) is 7.11 Å². The number of hydrogen-bond donors (Lipinski definition) is 1. The lowest BCUT2D eigenvalue weighted by Crippen LogP contribution is -2.44. The van der Waals surface area contributed by atoms with E-state index in [-0.39, 0.29) is 0 Å². The predicted molar refractivity (Wildman–Crippen MR) is 95.9 cm³/mol. The van der Waals surface area contributed by atoms with Crippen LogP contribution in [-0.2, 0) is 4.43 Å². The molecule has 0 bridgehead atoms. The molecule has 2 unspecified atom stereocenters. The molecule has 5 heteroatoms. The molecule has 2 nitrogen and oxygen atoms in total. The summed E-state index contributed by atoms with van der Waals surface area (Å²) < 4.78 is 7.25. The standard InChI is InChI=1S/C14H19BrINOSi/c1-3-6-14(16)19(18-2)17-10-5-8-12-7-4-9-13(15)11-12/h4,7,9,11,14,17,19H,3,6,10H2,1-2H3. The molecule has 0 radical (unpaired) electrons. The van der Waals surface area contributed by atoms with E-state index in [1.165, 1.54) is 12.8 Å². The van der Waals surface area contributed by atoms with Crippen LogP contribution in [0.25, 0.3) is 0 Å². The average molecular weight is 452 g/mol. The van der Waals surface area contributed by atoms with E-state index < -0.39 is 9.20 Å². The Balaban J connectivity index is 2.45. The fraction of sp³-hybridized carbons (Fsp3) is 0.429. The zero-order chi connectivity index (χ0) is 14.1. The highest BCUT2D eigenvalue weighted by atomic mass is 127. The SMILES string of the molecule is CCCC(I)[SiH](NCC#Cc1cccc(Br)c1)OC. The number of benzene rings is 1. The maximum absolute atomic E-state index is 5.58. The van der Waals surface area contributed by atoms with Gasteiger partial charge in [-0.05, 0) is 24.6 Å². The minimum atomic E-state index is -1.34. The van der Waals surface area contributed by atoms with Crippen LogP contribution < -0.4 is 4.98 Å². The lowest BCUT2D eigenvalue weighted by molar-refractivity contribution is 0.405. The van der Waals surface area contributed by atoms with Crippen LogP contribution in [-0.4, -0.2) is 26.4 Å². The highest BCUT2D eigenvalue weighted by Crippen LogP contribution is 2.11. The first kappa shape index (κ1) is 17.2. The maximum Gasteiger partial charge on any atom is 0.265 e. The van der Waals surface area contributed by atoms with Crippen LogP contribution in [0.15, 0.2) is 28.7 Å². The van der Waals surface area contributed by atoms with E-state index in [1.807, 2.05) is 24.3 Å². The third kappa shape index (κ3) is 6.91. The third-order valence-corrected chi connectivity index (χ3v) is 7.78. The second-order valence-electron chi connectivity index (χ2n) is 4.15. The van der Waals surface area contributed by atoms with Crippen molar-refractivity contribution >= 4 is 47.7 Å². The van der Waals surface area contributed by atoms with Crippen molar-refractivity contribution in [2.24, 2.45) is 0 Å². The van der Waals surface area contributed by atoms with Gasteiger partial charge in [0.1, 0.15) is 0 Å². The zero-order valence-electron chi connectivity index (χ0n) is 11.2. The van der Waals surface area contributed by atoms with E-state index in [4.69, 9.17) is 4.43 Å². The fourth-order valence-electron chi connectivity index (χ4n) is 1.65. The van der Waals surface area contributed by atoms with Crippen molar-refractivity contribution in [1.82, 2.24) is 4.98 Å². The molecule has 0 aromatic heterocycles. The Bertz CT molecular complexity index is 447. The molecule has 1 rings (SSSR count). The van der Waals surface area contributed by atoms with Gasteiger partial charge in [0.05, 0.1) is 6.54 Å². The summed E-state index contributed by atoms with van der Waals surface area (Å²) in [6, 6.07) is 8.04. The van der Waals surface area contributed by atoms with E-state index in [0.717, 1.165) is 10.0 Å². The van der Waals surface area contributed by atoms with Gasteiger partial charge in [-0.1, -0.05) is 69.8 Å². The van der Waals surface area contributed by atoms with Gasteiger partial charge in [-0.2, -0.15) is 0 Å². The van der Waals surface area contributed by atoms with Crippen molar-refractivity contribution in [2.45, 2.75) is 23.3 Å². The maximum atomic E-state index is 5.58. The van der Waals surface area contributed by atoms with Crippen LogP contribution in [0.5, 0.6) is 0 Å². The summed E-state index contributed by atoms with van der Waals surface area (Å²) in [5, 5.41) is 0. The molecule has 0 aliphatic rings. The van der Waals surface area contributed by atoms with Crippen LogP contribution in [0.4, 0.5) is 0 Å². The van der Waals surface area contributed by atoms with Gasteiger partial charge in [0, 0.05) is 20.7 Å². The molecular formula is C14H19BrINOSi. The Morgan fingerprint density at radius 1 is 1.53 bits per heavy atom. The minimum absolute atomic E-state index is 0.611. The summed E-state index contributed by atoms with van der Waals surface area (Å²) in [5.74, 6) is 6.32. The Morgan fingerprint density at radius 2 is 2.32 bits per heavy atom. The van der Waals surface area contributed by atoms with Gasteiger partial charge >= 0.3 is 0 Å². The molecule has 0 heterocycles. The number of hydrogen-bond acceptors (Lipinski definition) is 2. The summed E-state index contributed by atoms with van der Waals surface area (Å²) in [6.45, 7) is 2.90. The molecule has 1 aromatic carbocycles. The Labute approximate surface area is 139 Å². The molecule has 1 N–H and O–H groups in total. The van der Waals surface area contributed by atoms with E-state index in [9.17, 15) is 0 Å². The van der Waals surface area contributed by atoms with Gasteiger partial charge in [-0.3, -0.25) is 0 Å². The summed E-state index contributed by atoms with van der Waals surface area (Å²) in [7, 11) is 0.463. The first-order valence-electron chi connectivity index (χ1n) is 6.32. The van der Waals surface area contributed by atoms with E-state index in [2.05, 4.69) is 62.3 Å². The fourth-order valence-corrected chi connectivity index (χ4v) is 5.97. The Kier molecular flexibility index (Phi) is 8.99. The van der Waals surface area contributed by atoms with Crippen LogP contribution in [0.2, 0.25) is 0 Å². The normalized spacial score (nSPS) is 13.5. The smallest absolute Gasteiger partial charge is 0.265 e. The first-order chi connectivity index (χ1) is 9.17. The molecule has 104 valence electrons. The van der Waals surface area contributed by atoms with Crippen LogP contribution in [0, 0.1) is 11.8 Å². The van der Waals surface area contributed by atoms with Gasteiger partial charge in [-0.15, -0.1) is 0 Å². The zero-order valence-corrected chi connectivity index (χ0v) is 16.1. The summed E-state index contributed by atoms with van der Waals surface area (Å²) in [5.41, 5.74) is 1.03. The summed E-state index contributed by atoms with van der Waals surface area (Å²) in [6.07, 6.45) is 2.41. The van der Waals surface area contributed by atoms with Crippen molar-refractivity contribution in [3.63, 3.8) is 0 Å². The quantitative estimate of drug-likeness (QED) is 0.309. The molecule has 0 saturated heterocycles. The van der Waals surface area contributed by atoms with Gasteiger partial charge in [0.15, 0.2) is 0 Å². The van der Waals surface area contributed by atoms with Crippen molar-refractivity contribution in [3.05, 3.63) is 34.3 Å². The number of alkyl halides is 1. The van der Waals surface area contributed by atoms with Crippen molar-refractivity contribution in [1.29, 1.82) is 0 Å². The lowest BCUT2D eigenvalue weighted by Gasteiger charge is -2.18. The predicted octanol–water partition coefficient (Wildman–Crippen LogP) is 3.40. The lowest BCUT2D eigenvalue weighted by atomic mass is 10.2. The minimum Gasteiger partial charge on any atom is -0.408 e. The number of halogens is 2. The second-order valence-corrected chi connectivity index (χ2v) is 10.6. The largest absolute Gasteiger partial charge is 0.408 e. The molecule has 0 spiro atoms. The van der Waals surface area contributed by atoms with Gasteiger partial charge in [0.25, 0.3) is 9.20 Å². The molecule has 2 atom stereocenters. The topological polar surface area (TPSA) is 21.3 Å². The Hall–Kier alpha value is 0.127. The Morgan fingerprint density at radius 3 is 2.95 bits per heavy atom. The van der Waals surface area contributed by atoms with Crippen molar-refractivity contribution < 1.29 is 4.43 Å². The molecule has 1 aromatic rings. The van der Waals surface area contributed by atoms with Gasteiger partial charge in [0.2, 0.25) is 0 Å². The average Bonchev–Trinajstić information content (AvgIpc) is 2.39. The van der Waals surface area contributed by atoms with Crippen molar-refractivity contribution in [3.8, 4) is 11.8 Å². The van der Waals surface area contributed by atoms with Crippen LogP contribution >= 0.6 is 38.5 Å². The van der Waals surface area contributed by atoms with E-state index in [0.29, 0.717) is 10.1 Å². The number of nitrogens with one attached hydrogen (secondary N) is 1. The highest BCUT2D eigenvalue weighted by Gasteiger charge is 2.19. The molecule has 0 fully saturated rings. The van der Waals surface area contributed by atoms with Gasteiger partial charge in [-0.25, -0.2) is 0 Å². The first-order valence-corrected chi connectivity index (χ1v) is 10.1. The van der Waals surface area contributed by atoms with Crippen LogP contribution in [0.3, 0.4) is 0 Å². The second kappa shape index (κ2) is 9.94. The molecule has 0 saturated carbocycles. The van der Waals surface area contributed by atoms with E-state index >= 15 is 0 Å². The number of rotatable bonds is 6. The van der Waals surface area contributed by atoms with Crippen LogP contribution in [0.1, 0.15) is 25.3 Å². The van der Waals surface area contributed by atoms with Gasteiger partial charge < -0.3 is 9.41 Å². The summed E-state index contributed by atoms with van der Waals surface area (Å²) >= 11 is 5.94. The monoisotopic (exact) mass is 451 g/mol. The third-order valence-electron chi connectivity index (χ3n) is 2.60. The molecular weight excluding hydrogens is 433 g/mol. The molecule has 0 amide bonds. The molecule has 19 heavy (non-hydrogen) atoms. The highest BCUT2D eigenvalue weighted by molar-refractivity contribution is 14.1.